The molecule has 4 aromatic carbocycles. The van der Waals surface area contributed by atoms with Crippen LogP contribution in [0.3, 0.4) is 0 Å². The minimum atomic E-state index is -3.81. The molecule has 0 aromatic heterocycles. The lowest BCUT2D eigenvalue weighted by atomic mass is 10.0. The van der Waals surface area contributed by atoms with Crippen LogP contribution < -0.4 is 5.32 Å². The average molecular weight is 608 g/mol. The zero-order valence-electron chi connectivity index (χ0n) is 23.0. The van der Waals surface area contributed by atoms with E-state index in [1.807, 2.05) is 6.07 Å². The highest BCUT2D eigenvalue weighted by Gasteiger charge is 2.33. The lowest BCUT2D eigenvalue weighted by Gasteiger charge is -2.33. The van der Waals surface area contributed by atoms with Crippen molar-refractivity contribution in [3.05, 3.63) is 142 Å². The molecule has 1 N–H and O–H groups in total. The Morgan fingerprint density at radius 1 is 0.810 bits per heavy atom. The molecule has 1 unspecified atom stereocenters. The molecule has 4 rings (SSSR count). The van der Waals surface area contributed by atoms with Crippen molar-refractivity contribution in [2.24, 2.45) is 0 Å². The Bertz CT molecular complexity index is 1600. The zero-order chi connectivity index (χ0) is 30.1. The molecule has 0 saturated carbocycles. The molecule has 0 saturated heterocycles. The molecule has 0 spiro atoms. The van der Waals surface area contributed by atoms with Crippen molar-refractivity contribution >= 4 is 33.4 Å². The van der Waals surface area contributed by atoms with Crippen LogP contribution in [-0.4, -0.2) is 42.2 Å². The van der Waals surface area contributed by atoms with Crippen molar-refractivity contribution in [3.8, 4) is 0 Å². The molecule has 4 aromatic rings. The maximum absolute atomic E-state index is 14.1. The van der Waals surface area contributed by atoms with Gasteiger partial charge >= 0.3 is 0 Å². The fourth-order valence-corrected chi connectivity index (χ4v) is 5.39. The molecule has 42 heavy (non-hydrogen) atoms. The molecule has 0 heterocycles. The highest BCUT2D eigenvalue weighted by atomic mass is 35.5. The number of benzene rings is 4. The van der Waals surface area contributed by atoms with Gasteiger partial charge in [0.2, 0.25) is 21.8 Å². The minimum Gasteiger partial charge on any atom is -0.350 e. The Morgan fingerprint density at radius 2 is 1.38 bits per heavy atom. The topological polar surface area (TPSA) is 86.8 Å². The molecule has 1 atom stereocenters. The molecular weight excluding hydrogens is 577 g/mol. The summed E-state index contributed by atoms with van der Waals surface area (Å²) in [6.45, 7) is -0.481. The third-order valence-electron chi connectivity index (χ3n) is 6.66. The first-order chi connectivity index (χ1) is 20.1. The number of nitrogens with zero attached hydrogens (tertiary/aromatic N) is 2. The van der Waals surface area contributed by atoms with E-state index >= 15 is 0 Å². The lowest BCUT2D eigenvalue weighted by Crippen LogP contribution is -2.47. The number of rotatable bonds is 12. The summed E-state index contributed by atoms with van der Waals surface area (Å²) in [5.41, 5.74) is 2.50. The van der Waals surface area contributed by atoms with Crippen LogP contribution in [0.25, 0.3) is 0 Å². The molecule has 0 aliphatic rings. The molecule has 0 fully saturated rings. The van der Waals surface area contributed by atoms with Gasteiger partial charge in [0.15, 0.2) is 0 Å². The van der Waals surface area contributed by atoms with E-state index in [0.29, 0.717) is 27.3 Å². The van der Waals surface area contributed by atoms with Crippen molar-refractivity contribution in [1.82, 2.24) is 14.5 Å². The van der Waals surface area contributed by atoms with Gasteiger partial charge in [0, 0.05) is 24.7 Å². The molecule has 218 valence electrons. The summed E-state index contributed by atoms with van der Waals surface area (Å²) in [6.07, 6.45) is 1.04. The summed E-state index contributed by atoms with van der Waals surface area (Å²) in [7, 11) is -3.81. The normalized spacial score (nSPS) is 12.1. The highest BCUT2D eigenvalue weighted by Crippen LogP contribution is 2.25. The maximum Gasteiger partial charge on any atom is 0.247 e. The quantitative estimate of drug-likeness (QED) is 0.236. The fourth-order valence-electron chi connectivity index (χ4n) is 4.46. The summed E-state index contributed by atoms with van der Waals surface area (Å²) in [5, 5.41) is 3.37. The number of halogens is 2. The van der Waals surface area contributed by atoms with Crippen LogP contribution in [0.1, 0.15) is 28.3 Å². The number of carbonyl (C=O) groups is 2. The van der Waals surface area contributed by atoms with Gasteiger partial charge in [0.05, 0.1) is 12.8 Å². The Balaban J connectivity index is 1.70. The van der Waals surface area contributed by atoms with E-state index in [-0.39, 0.29) is 19.6 Å². The van der Waals surface area contributed by atoms with E-state index in [1.54, 1.807) is 78.9 Å². The third-order valence-corrected chi connectivity index (χ3v) is 8.22. The second-order valence-corrected chi connectivity index (χ2v) is 12.2. The number of nitrogens with one attached hydrogen (secondary N) is 1. The fraction of sp³-hybridized carbons (Fsp3) is 0.188. The van der Waals surface area contributed by atoms with Gasteiger partial charge in [-0.1, -0.05) is 103 Å². The first kappa shape index (κ1) is 30.9. The van der Waals surface area contributed by atoms with E-state index < -0.39 is 40.2 Å². The summed E-state index contributed by atoms with van der Waals surface area (Å²) < 4.78 is 40.3. The summed E-state index contributed by atoms with van der Waals surface area (Å²) in [4.78, 5) is 29.2. The molecule has 2 amide bonds. The van der Waals surface area contributed by atoms with Crippen LogP contribution >= 0.6 is 11.6 Å². The van der Waals surface area contributed by atoms with Crippen LogP contribution in [0.5, 0.6) is 0 Å². The van der Waals surface area contributed by atoms with E-state index in [2.05, 4.69) is 5.32 Å². The van der Waals surface area contributed by atoms with E-state index in [9.17, 15) is 22.4 Å². The van der Waals surface area contributed by atoms with Crippen LogP contribution in [-0.2, 0) is 39.2 Å². The van der Waals surface area contributed by atoms with Gasteiger partial charge in [-0.05, 0) is 40.5 Å². The van der Waals surface area contributed by atoms with E-state index in [4.69, 9.17) is 11.6 Å². The molecular formula is C32H31ClFN3O4S. The smallest absolute Gasteiger partial charge is 0.247 e. The zero-order valence-corrected chi connectivity index (χ0v) is 24.6. The first-order valence-corrected chi connectivity index (χ1v) is 15.4. The van der Waals surface area contributed by atoms with Gasteiger partial charge in [-0.3, -0.25) is 9.59 Å². The predicted molar refractivity (Wildman–Crippen MR) is 161 cm³/mol. The molecule has 0 aliphatic heterocycles. The average Bonchev–Trinajstić information content (AvgIpc) is 2.97. The SMILES string of the molecule is CS(=O)(=O)N(CC(=O)N(Cc1ccc(F)cc1)C(C(=O)NCc1ccccc1Cl)c1ccccc1)Cc1ccccc1. The molecule has 0 aliphatic carbocycles. The Hall–Kier alpha value is -4.05. The maximum atomic E-state index is 14.1. The van der Waals surface area contributed by atoms with Crippen LogP contribution in [0.15, 0.2) is 109 Å². The van der Waals surface area contributed by atoms with E-state index in [1.165, 1.54) is 29.2 Å². The second kappa shape index (κ2) is 14.2. The van der Waals surface area contributed by atoms with Crippen molar-refractivity contribution in [3.63, 3.8) is 0 Å². The predicted octanol–water partition coefficient (Wildman–Crippen LogP) is 5.33. The van der Waals surface area contributed by atoms with Crippen molar-refractivity contribution in [1.29, 1.82) is 0 Å². The van der Waals surface area contributed by atoms with Crippen molar-refractivity contribution < 1.29 is 22.4 Å². The van der Waals surface area contributed by atoms with Crippen LogP contribution in [0, 0.1) is 5.82 Å². The second-order valence-electron chi connectivity index (χ2n) is 9.79. The third kappa shape index (κ3) is 8.48. The monoisotopic (exact) mass is 607 g/mol. The summed E-state index contributed by atoms with van der Waals surface area (Å²) in [6, 6.07) is 29.2. The van der Waals surface area contributed by atoms with Crippen LogP contribution in [0.4, 0.5) is 4.39 Å². The number of carbonyl (C=O) groups excluding carboxylic acids is 2. The van der Waals surface area contributed by atoms with Gasteiger partial charge in [-0.15, -0.1) is 0 Å². The number of amides is 2. The Labute approximate surface area is 250 Å². The van der Waals surface area contributed by atoms with Crippen molar-refractivity contribution in [2.75, 3.05) is 12.8 Å². The molecule has 0 bridgehead atoms. The summed E-state index contributed by atoms with van der Waals surface area (Å²) in [5.74, 6) is -1.52. The van der Waals surface area contributed by atoms with Gasteiger partial charge in [-0.25, -0.2) is 12.8 Å². The number of hydrogen-bond acceptors (Lipinski definition) is 4. The molecule has 7 nitrogen and oxygen atoms in total. The van der Waals surface area contributed by atoms with Gasteiger partial charge in [0.25, 0.3) is 0 Å². The van der Waals surface area contributed by atoms with E-state index in [0.717, 1.165) is 10.6 Å². The Kier molecular flexibility index (Phi) is 10.5. The number of sulfonamides is 1. The Morgan fingerprint density at radius 3 is 2.00 bits per heavy atom. The number of hydrogen-bond donors (Lipinski definition) is 1. The van der Waals surface area contributed by atoms with Crippen molar-refractivity contribution in [2.45, 2.75) is 25.7 Å². The standard InChI is InChI=1S/C32H31ClFN3O4S/c1-42(40,41)36(21-24-10-4-2-5-11-24)23-30(38)37(22-25-16-18-28(34)19-17-25)31(26-12-6-3-7-13-26)32(39)35-20-27-14-8-9-15-29(27)33/h2-19,31H,20-23H2,1H3,(H,35,39). The lowest BCUT2D eigenvalue weighted by molar-refractivity contribution is -0.141. The highest BCUT2D eigenvalue weighted by molar-refractivity contribution is 7.88. The van der Waals surface area contributed by atoms with Gasteiger partial charge in [0.1, 0.15) is 11.9 Å². The first-order valence-electron chi connectivity index (χ1n) is 13.2. The van der Waals surface area contributed by atoms with Gasteiger partial charge < -0.3 is 10.2 Å². The van der Waals surface area contributed by atoms with Gasteiger partial charge in [-0.2, -0.15) is 4.31 Å². The largest absolute Gasteiger partial charge is 0.350 e. The summed E-state index contributed by atoms with van der Waals surface area (Å²) >= 11 is 6.29. The molecule has 10 heteroatoms. The molecule has 0 radical (unpaired) electrons. The minimum absolute atomic E-state index is 0.0233. The van der Waals surface area contributed by atoms with Crippen LogP contribution in [0.2, 0.25) is 5.02 Å².